The van der Waals surface area contributed by atoms with Gasteiger partial charge in [0.25, 0.3) is 0 Å². The molecule has 1 aromatic rings. The van der Waals surface area contributed by atoms with Gasteiger partial charge in [0.2, 0.25) is 0 Å². The number of nitrogens with one attached hydrogen (secondary N) is 1. The number of aromatic carboxylic acids is 1. The molecule has 19 heavy (non-hydrogen) atoms. The molecular weight excluding hydrogens is 240 g/mol. The number of aromatic nitrogens is 2. The maximum absolute atomic E-state index is 11.1. The zero-order chi connectivity index (χ0) is 13.1. The molecule has 4 aliphatic rings. The molecule has 0 aliphatic heterocycles. The second-order valence-corrected chi connectivity index (χ2v) is 6.87. The van der Waals surface area contributed by atoms with E-state index in [-0.39, 0.29) is 5.69 Å². The molecule has 102 valence electrons. The van der Waals surface area contributed by atoms with Crippen molar-refractivity contribution >= 4 is 5.97 Å². The molecule has 4 saturated carbocycles. The van der Waals surface area contributed by atoms with E-state index in [1.807, 2.05) is 6.92 Å². The summed E-state index contributed by atoms with van der Waals surface area (Å²) in [7, 11) is 0. The highest BCUT2D eigenvalue weighted by molar-refractivity contribution is 5.87. The Morgan fingerprint density at radius 3 is 2.21 bits per heavy atom. The van der Waals surface area contributed by atoms with Crippen molar-refractivity contribution in [2.45, 2.75) is 44.9 Å². The van der Waals surface area contributed by atoms with Gasteiger partial charge in [-0.25, -0.2) is 4.79 Å². The molecule has 4 bridgehead atoms. The average Bonchev–Trinajstić information content (AvgIpc) is 2.70. The van der Waals surface area contributed by atoms with Crippen LogP contribution in [0, 0.1) is 30.6 Å². The third-order valence-corrected chi connectivity index (χ3v) is 5.81. The molecule has 0 amide bonds. The molecule has 1 heterocycles. The fourth-order valence-corrected chi connectivity index (χ4v) is 5.34. The van der Waals surface area contributed by atoms with Crippen LogP contribution < -0.4 is 0 Å². The van der Waals surface area contributed by atoms with Gasteiger partial charge >= 0.3 is 5.97 Å². The second kappa shape index (κ2) is 3.84. The molecule has 2 N–H and O–H groups in total. The molecule has 0 radical (unpaired) electrons. The molecule has 5 rings (SSSR count). The van der Waals surface area contributed by atoms with E-state index >= 15 is 0 Å². The summed E-state index contributed by atoms with van der Waals surface area (Å²) in [6.07, 6.45) is 6.83. The number of nitrogens with zero attached hydrogens (tertiary/aromatic N) is 1. The van der Waals surface area contributed by atoms with Crippen molar-refractivity contribution in [1.29, 1.82) is 0 Å². The zero-order valence-electron chi connectivity index (χ0n) is 11.2. The third kappa shape index (κ3) is 1.58. The lowest BCUT2D eigenvalue weighted by atomic mass is 9.51. The number of carbonyl (C=O) groups is 1. The van der Waals surface area contributed by atoms with Crippen LogP contribution in [-0.4, -0.2) is 21.3 Å². The van der Waals surface area contributed by atoms with Crippen LogP contribution in [0.4, 0.5) is 0 Å². The number of aromatic amines is 1. The van der Waals surface area contributed by atoms with E-state index in [2.05, 4.69) is 10.2 Å². The van der Waals surface area contributed by atoms with Gasteiger partial charge in [-0.1, -0.05) is 0 Å². The highest BCUT2D eigenvalue weighted by Gasteiger charge is 2.49. The quantitative estimate of drug-likeness (QED) is 0.859. The summed E-state index contributed by atoms with van der Waals surface area (Å²) >= 11 is 0. The van der Waals surface area contributed by atoms with E-state index in [0.717, 1.165) is 34.9 Å². The lowest BCUT2D eigenvalue weighted by Gasteiger charge is -2.54. The van der Waals surface area contributed by atoms with Crippen molar-refractivity contribution in [2.75, 3.05) is 0 Å². The van der Waals surface area contributed by atoms with Crippen LogP contribution in [0.15, 0.2) is 0 Å². The minimum Gasteiger partial charge on any atom is -0.476 e. The SMILES string of the molecule is Cc1c(C(=O)O)n[nH]c1C1C2CC3CC(C2)CC1C3. The van der Waals surface area contributed by atoms with Crippen LogP contribution in [0.1, 0.15) is 59.8 Å². The van der Waals surface area contributed by atoms with Gasteiger partial charge in [0.05, 0.1) is 0 Å². The van der Waals surface area contributed by atoms with Gasteiger partial charge in [0, 0.05) is 17.2 Å². The first-order chi connectivity index (χ1) is 9.13. The largest absolute Gasteiger partial charge is 0.476 e. The van der Waals surface area contributed by atoms with Gasteiger partial charge in [0.15, 0.2) is 5.69 Å². The van der Waals surface area contributed by atoms with Crippen molar-refractivity contribution in [3.63, 3.8) is 0 Å². The van der Waals surface area contributed by atoms with E-state index in [1.165, 1.54) is 32.1 Å². The van der Waals surface area contributed by atoms with Gasteiger partial charge in [-0.2, -0.15) is 5.10 Å². The zero-order valence-corrected chi connectivity index (χ0v) is 11.2. The Hall–Kier alpha value is -1.32. The van der Waals surface area contributed by atoms with E-state index in [4.69, 9.17) is 5.11 Å². The predicted molar refractivity (Wildman–Crippen MR) is 70.1 cm³/mol. The predicted octanol–water partition coefficient (Wildman–Crippen LogP) is 2.96. The van der Waals surface area contributed by atoms with Gasteiger partial charge < -0.3 is 5.11 Å². The summed E-state index contributed by atoms with van der Waals surface area (Å²) in [5.41, 5.74) is 2.19. The van der Waals surface area contributed by atoms with E-state index < -0.39 is 5.97 Å². The molecule has 4 nitrogen and oxygen atoms in total. The lowest BCUT2D eigenvalue weighted by Crippen LogP contribution is -2.44. The number of rotatable bonds is 2. The normalized spacial score (nSPS) is 39.7. The number of carboxylic acids is 1. The van der Waals surface area contributed by atoms with E-state index in [0.29, 0.717) is 5.92 Å². The Morgan fingerprint density at radius 1 is 1.16 bits per heavy atom. The number of hydrogen-bond donors (Lipinski definition) is 2. The van der Waals surface area contributed by atoms with Crippen molar-refractivity contribution < 1.29 is 9.90 Å². The van der Waals surface area contributed by atoms with Gasteiger partial charge in [0.1, 0.15) is 0 Å². The fourth-order valence-electron chi connectivity index (χ4n) is 5.34. The second-order valence-electron chi connectivity index (χ2n) is 6.87. The van der Waals surface area contributed by atoms with Crippen LogP contribution in [0.2, 0.25) is 0 Å². The summed E-state index contributed by atoms with van der Waals surface area (Å²) in [6, 6.07) is 0. The molecule has 4 fully saturated rings. The topological polar surface area (TPSA) is 66.0 Å². The summed E-state index contributed by atoms with van der Waals surface area (Å²) in [5, 5.41) is 16.2. The molecule has 0 aromatic carbocycles. The van der Waals surface area contributed by atoms with E-state index in [1.54, 1.807) is 0 Å². The van der Waals surface area contributed by atoms with E-state index in [9.17, 15) is 4.79 Å². The molecule has 4 aliphatic carbocycles. The monoisotopic (exact) mass is 260 g/mol. The minimum atomic E-state index is -0.913. The molecule has 0 atom stereocenters. The minimum absolute atomic E-state index is 0.212. The van der Waals surface area contributed by atoms with Gasteiger partial charge in [-0.05, 0) is 62.7 Å². The molecule has 4 heteroatoms. The van der Waals surface area contributed by atoms with Crippen molar-refractivity contribution in [1.82, 2.24) is 10.2 Å². The maximum atomic E-state index is 11.1. The first-order valence-electron chi connectivity index (χ1n) is 7.41. The van der Waals surface area contributed by atoms with Crippen molar-refractivity contribution in [3.8, 4) is 0 Å². The molecule has 0 unspecified atom stereocenters. The summed E-state index contributed by atoms with van der Waals surface area (Å²) in [5.74, 6) is 3.04. The standard InChI is InChI=1S/C15H20N2O2/c1-7-13(16-17-14(7)15(18)19)12-10-3-8-2-9(5-10)6-11(12)4-8/h8-12H,2-6H2,1H3,(H,16,17)(H,18,19). The van der Waals surface area contributed by atoms with Crippen LogP contribution in [0.3, 0.4) is 0 Å². The molecule has 0 saturated heterocycles. The molecule has 0 spiro atoms. The molecule has 1 aromatic heterocycles. The highest BCUT2D eigenvalue weighted by Crippen LogP contribution is 2.59. The Bertz CT molecular complexity index is 506. The van der Waals surface area contributed by atoms with Crippen LogP contribution in [-0.2, 0) is 0 Å². The summed E-state index contributed by atoms with van der Waals surface area (Å²) in [4.78, 5) is 11.1. The number of H-pyrrole nitrogens is 1. The van der Waals surface area contributed by atoms with Crippen LogP contribution in [0.5, 0.6) is 0 Å². The number of carboxylic acid groups (broad SMARTS) is 1. The first kappa shape index (κ1) is 11.5. The Kier molecular flexibility index (Phi) is 2.32. The summed E-state index contributed by atoms with van der Waals surface area (Å²) < 4.78 is 0. The lowest BCUT2D eigenvalue weighted by molar-refractivity contribution is -0.00437. The van der Waals surface area contributed by atoms with Gasteiger partial charge in [-0.3, -0.25) is 5.10 Å². The number of hydrogen-bond acceptors (Lipinski definition) is 2. The van der Waals surface area contributed by atoms with Crippen LogP contribution >= 0.6 is 0 Å². The average molecular weight is 260 g/mol. The van der Waals surface area contributed by atoms with Gasteiger partial charge in [-0.15, -0.1) is 0 Å². The fraction of sp³-hybridized carbons (Fsp3) is 0.733. The van der Waals surface area contributed by atoms with Crippen LogP contribution in [0.25, 0.3) is 0 Å². The first-order valence-corrected chi connectivity index (χ1v) is 7.41. The Balaban J connectivity index is 1.71. The van der Waals surface area contributed by atoms with Crippen molar-refractivity contribution in [2.24, 2.45) is 23.7 Å². The summed E-state index contributed by atoms with van der Waals surface area (Å²) in [6.45, 7) is 1.91. The Morgan fingerprint density at radius 2 is 1.74 bits per heavy atom. The molecular formula is C15H20N2O2. The third-order valence-electron chi connectivity index (χ3n) is 5.81. The highest BCUT2D eigenvalue weighted by atomic mass is 16.4. The maximum Gasteiger partial charge on any atom is 0.356 e. The Labute approximate surface area is 112 Å². The van der Waals surface area contributed by atoms with Crippen molar-refractivity contribution in [3.05, 3.63) is 17.0 Å². The smallest absolute Gasteiger partial charge is 0.356 e.